The third-order valence-corrected chi connectivity index (χ3v) is 4.68. The van der Waals surface area contributed by atoms with Crippen molar-refractivity contribution in [1.82, 2.24) is 15.2 Å². The molecule has 0 saturated carbocycles. The number of pyridine rings is 1. The summed E-state index contributed by atoms with van der Waals surface area (Å²) in [6.07, 6.45) is -5.46. The Morgan fingerprint density at radius 3 is 2.52 bits per heavy atom. The highest BCUT2D eigenvalue weighted by Gasteiger charge is 2.39. The van der Waals surface area contributed by atoms with Crippen molar-refractivity contribution in [3.8, 4) is 17.0 Å². The number of benzene rings is 1. The van der Waals surface area contributed by atoms with Gasteiger partial charge in [-0.25, -0.2) is 4.39 Å². The van der Waals surface area contributed by atoms with Gasteiger partial charge in [0.15, 0.2) is 11.3 Å². The highest BCUT2D eigenvalue weighted by atomic mass is 35.5. The molecule has 0 aliphatic rings. The zero-order valence-corrected chi connectivity index (χ0v) is 17.3. The van der Waals surface area contributed by atoms with Crippen LogP contribution in [0.4, 0.5) is 23.2 Å². The normalized spacial score (nSPS) is 12.5. The van der Waals surface area contributed by atoms with E-state index in [0.29, 0.717) is 5.69 Å². The van der Waals surface area contributed by atoms with Crippen molar-refractivity contribution in [2.24, 2.45) is 0 Å². The first-order chi connectivity index (χ1) is 14.5. The predicted molar refractivity (Wildman–Crippen MR) is 107 cm³/mol. The molecule has 1 unspecified atom stereocenters. The second-order valence-electron chi connectivity index (χ2n) is 6.82. The fourth-order valence-corrected chi connectivity index (χ4v) is 2.87. The number of halogens is 5. The predicted octanol–water partition coefficient (Wildman–Crippen LogP) is 5.46. The van der Waals surface area contributed by atoms with Crippen LogP contribution in [0, 0.1) is 19.7 Å². The van der Waals surface area contributed by atoms with Crippen LogP contribution < -0.4 is 10.1 Å². The molecule has 1 amide bonds. The van der Waals surface area contributed by atoms with Crippen LogP contribution >= 0.6 is 11.6 Å². The Hall–Kier alpha value is -3.14. The summed E-state index contributed by atoms with van der Waals surface area (Å²) >= 11 is 5.89. The van der Waals surface area contributed by atoms with E-state index >= 15 is 0 Å². The van der Waals surface area contributed by atoms with Crippen molar-refractivity contribution >= 4 is 23.2 Å². The topological polar surface area (TPSA) is 79.9 Å². The van der Waals surface area contributed by atoms with Crippen LogP contribution in [-0.4, -0.2) is 33.4 Å². The second-order valence-corrected chi connectivity index (χ2v) is 7.18. The highest BCUT2D eigenvalue weighted by Crippen LogP contribution is 2.34. The van der Waals surface area contributed by atoms with Gasteiger partial charge in [-0.3, -0.25) is 14.9 Å². The van der Waals surface area contributed by atoms with Gasteiger partial charge in [-0.05, 0) is 44.5 Å². The molecule has 1 aromatic carbocycles. The number of aromatic nitrogens is 3. The molecule has 11 heteroatoms. The minimum atomic E-state index is -4.70. The van der Waals surface area contributed by atoms with Gasteiger partial charge < -0.3 is 10.1 Å². The van der Waals surface area contributed by atoms with E-state index in [-0.39, 0.29) is 22.1 Å². The van der Waals surface area contributed by atoms with Crippen molar-refractivity contribution < 1.29 is 27.1 Å². The van der Waals surface area contributed by atoms with E-state index in [1.807, 2.05) is 0 Å². The Morgan fingerprint density at radius 2 is 1.97 bits per heavy atom. The molecule has 0 aliphatic heterocycles. The number of hydrogen-bond donors (Lipinski definition) is 2. The van der Waals surface area contributed by atoms with Gasteiger partial charge >= 0.3 is 6.18 Å². The zero-order valence-electron chi connectivity index (χ0n) is 16.6. The summed E-state index contributed by atoms with van der Waals surface area (Å²) in [6, 6.07) is 5.01. The standard InChI is InChI=1S/C20H17ClF4N4O2/c1-9-4-5-15(26-8-9)12-7-16(31-11(3)20(23,24)25)13(6-14(12)22)19(30)27-17-10(2)28-29-18(17)21/h4-8,11H,1-3H3,(H,27,30)(H,28,29). The van der Waals surface area contributed by atoms with Crippen LogP contribution in [0.2, 0.25) is 5.15 Å². The van der Waals surface area contributed by atoms with Crippen LogP contribution in [0.5, 0.6) is 5.75 Å². The molecule has 1 atom stereocenters. The highest BCUT2D eigenvalue weighted by molar-refractivity contribution is 6.33. The number of aryl methyl sites for hydroxylation is 2. The van der Waals surface area contributed by atoms with Gasteiger partial charge in [0.25, 0.3) is 5.91 Å². The second kappa shape index (κ2) is 8.54. The van der Waals surface area contributed by atoms with E-state index in [2.05, 4.69) is 20.5 Å². The first kappa shape index (κ1) is 22.5. The Bertz CT molecular complexity index is 1090. The Labute approximate surface area is 179 Å². The lowest BCUT2D eigenvalue weighted by atomic mass is 10.0. The number of carbonyl (C=O) groups is 1. The third kappa shape index (κ3) is 4.96. The van der Waals surface area contributed by atoms with Crippen molar-refractivity contribution in [2.45, 2.75) is 33.1 Å². The average molecular weight is 457 g/mol. The number of H-pyrrole nitrogens is 1. The lowest BCUT2D eigenvalue weighted by Crippen LogP contribution is -2.32. The smallest absolute Gasteiger partial charge is 0.425 e. The molecule has 2 heterocycles. The Morgan fingerprint density at radius 1 is 1.26 bits per heavy atom. The molecule has 0 saturated heterocycles. The fraction of sp³-hybridized carbons (Fsp3) is 0.250. The summed E-state index contributed by atoms with van der Waals surface area (Å²) in [6.45, 7) is 4.14. The molecule has 31 heavy (non-hydrogen) atoms. The largest absolute Gasteiger partial charge is 0.480 e. The van der Waals surface area contributed by atoms with Gasteiger partial charge in [0.1, 0.15) is 17.3 Å². The van der Waals surface area contributed by atoms with Gasteiger partial charge in [-0.15, -0.1) is 0 Å². The molecule has 164 valence electrons. The molecule has 0 bridgehead atoms. The zero-order chi connectivity index (χ0) is 22.9. The number of rotatable bonds is 5. The van der Waals surface area contributed by atoms with Crippen LogP contribution in [0.15, 0.2) is 30.5 Å². The lowest BCUT2D eigenvalue weighted by Gasteiger charge is -2.20. The summed E-state index contributed by atoms with van der Waals surface area (Å²) in [4.78, 5) is 16.8. The SMILES string of the molecule is Cc1ccc(-c2cc(OC(C)C(F)(F)F)c(C(=O)Nc3c(Cl)n[nH]c3C)cc2F)nc1. The van der Waals surface area contributed by atoms with E-state index in [4.69, 9.17) is 16.3 Å². The fourth-order valence-electron chi connectivity index (χ4n) is 2.63. The lowest BCUT2D eigenvalue weighted by molar-refractivity contribution is -0.189. The number of hydrogen-bond acceptors (Lipinski definition) is 4. The minimum absolute atomic E-state index is 0.0575. The van der Waals surface area contributed by atoms with Gasteiger partial charge in [0, 0.05) is 11.8 Å². The molecule has 6 nitrogen and oxygen atoms in total. The van der Waals surface area contributed by atoms with Crippen LogP contribution in [-0.2, 0) is 0 Å². The number of nitrogens with zero attached hydrogens (tertiary/aromatic N) is 2. The maximum Gasteiger partial charge on any atom is 0.425 e. The number of nitrogens with one attached hydrogen (secondary N) is 2. The quantitative estimate of drug-likeness (QED) is 0.499. The average Bonchev–Trinajstić information content (AvgIpc) is 3.01. The monoisotopic (exact) mass is 456 g/mol. The number of alkyl halides is 3. The van der Waals surface area contributed by atoms with Crippen molar-refractivity contribution in [3.05, 3.63) is 58.3 Å². The van der Waals surface area contributed by atoms with E-state index < -0.39 is 35.3 Å². The summed E-state index contributed by atoms with van der Waals surface area (Å²) < 4.78 is 59.1. The van der Waals surface area contributed by atoms with Crippen molar-refractivity contribution in [3.63, 3.8) is 0 Å². The summed E-state index contributed by atoms with van der Waals surface area (Å²) in [5.74, 6) is -2.24. The van der Waals surface area contributed by atoms with E-state index in [1.165, 1.54) is 12.3 Å². The maximum atomic E-state index is 14.8. The molecule has 2 aromatic heterocycles. The maximum absolute atomic E-state index is 14.8. The first-order valence-electron chi connectivity index (χ1n) is 8.99. The molecular weight excluding hydrogens is 440 g/mol. The van der Waals surface area contributed by atoms with Gasteiger partial charge in [-0.2, -0.15) is 18.3 Å². The van der Waals surface area contributed by atoms with E-state index in [1.54, 1.807) is 19.9 Å². The number of anilines is 1. The molecule has 2 N–H and O–H groups in total. The first-order valence-corrected chi connectivity index (χ1v) is 9.37. The number of aromatic amines is 1. The number of amides is 1. The van der Waals surface area contributed by atoms with E-state index in [9.17, 15) is 22.4 Å². The van der Waals surface area contributed by atoms with E-state index in [0.717, 1.165) is 24.6 Å². The minimum Gasteiger partial charge on any atom is -0.480 e. The van der Waals surface area contributed by atoms with Gasteiger partial charge in [0.2, 0.25) is 0 Å². The summed E-state index contributed by atoms with van der Waals surface area (Å²) in [5, 5.41) is 8.61. The summed E-state index contributed by atoms with van der Waals surface area (Å²) in [7, 11) is 0. The Balaban J connectivity index is 2.07. The molecule has 0 radical (unpaired) electrons. The van der Waals surface area contributed by atoms with Crippen LogP contribution in [0.1, 0.15) is 28.5 Å². The molecular formula is C20H17ClF4N4O2. The molecule has 0 spiro atoms. The number of carbonyl (C=O) groups excluding carboxylic acids is 1. The third-order valence-electron chi connectivity index (χ3n) is 4.41. The van der Waals surface area contributed by atoms with Gasteiger partial charge in [0.05, 0.1) is 17.0 Å². The van der Waals surface area contributed by atoms with Gasteiger partial charge in [-0.1, -0.05) is 17.7 Å². The number of ether oxygens (including phenoxy) is 1. The van der Waals surface area contributed by atoms with Crippen molar-refractivity contribution in [1.29, 1.82) is 0 Å². The van der Waals surface area contributed by atoms with Crippen molar-refractivity contribution in [2.75, 3.05) is 5.32 Å². The molecule has 3 aromatic rings. The molecule has 3 rings (SSSR count). The van der Waals surface area contributed by atoms with Crippen LogP contribution in [0.25, 0.3) is 11.3 Å². The molecule has 0 fully saturated rings. The van der Waals surface area contributed by atoms with Crippen LogP contribution in [0.3, 0.4) is 0 Å². The summed E-state index contributed by atoms with van der Waals surface area (Å²) in [5.41, 5.74) is 0.958. The Kier molecular flexibility index (Phi) is 6.21. The molecule has 0 aliphatic carbocycles.